The van der Waals surface area contributed by atoms with E-state index >= 15 is 0 Å². The van der Waals surface area contributed by atoms with Crippen molar-refractivity contribution in [2.45, 2.75) is 19.3 Å². The molecule has 17 heavy (non-hydrogen) atoms. The molecule has 0 radical (unpaired) electrons. The molecule has 0 aliphatic rings. The Bertz CT molecular complexity index is 493. The van der Waals surface area contributed by atoms with Gasteiger partial charge in [0.2, 0.25) is 0 Å². The van der Waals surface area contributed by atoms with Crippen molar-refractivity contribution in [3.05, 3.63) is 47.3 Å². The molecular weight excluding hydrogens is 234 g/mol. The molecule has 0 bridgehead atoms. The largest absolute Gasteiger partial charge is 0.255 e. The van der Waals surface area contributed by atoms with Crippen molar-refractivity contribution in [2.24, 2.45) is 7.05 Å². The molecule has 0 aliphatic carbocycles. The molecule has 1 heterocycles. The second-order valence-electron chi connectivity index (χ2n) is 4.35. The monoisotopic (exact) mass is 249 g/mol. The molecule has 1 aromatic heterocycles. The lowest BCUT2D eigenvalue weighted by molar-refractivity contribution is 0.707. The van der Waals surface area contributed by atoms with E-state index in [1.54, 1.807) is 4.68 Å². The van der Waals surface area contributed by atoms with Gasteiger partial charge < -0.3 is 0 Å². The lowest BCUT2D eigenvalue weighted by Crippen LogP contribution is -2.05. The lowest BCUT2D eigenvalue weighted by atomic mass is 9.95. The van der Waals surface area contributed by atoms with Gasteiger partial charge in [0, 0.05) is 31.5 Å². The summed E-state index contributed by atoms with van der Waals surface area (Å²) >= 11 is 6.06. The zero-order valence-electron chi connectivity index (χ0n) is 10.1. The van der Waals surface area contributed by atoms with Crippen molar-refractivity contribution >= 4 is 11.6 Å². The number of hydrogen-bond donors (Lipinski definition) is 0. The fraction of sp³-hybridized carbons (Fsp3) is 0.385. The molecule has 1 atom stereocenters. The van der Waals surface area contributed by atoms with Gasteiger partial charge in [0.15, 0.2) is 0 Å². The maximum absolute atomic E-state index is 6.06. The van der Waals surface area contributed by atoms with E-state index in [-0.39, 0.29) is 0 Å². The second-order valence-corrected chi connectivity index (χ2v) is 4.66. The minimum Gasteiger partial charge on any atom is -0.255 e. The van der Waals surface area contributed by atoms with Crippen LogP contribution in [0.2, 0.25) is 0 Å². The van der Waals surface area contributed by atoms with Crippen molar-refractivity contribution < 1.29 is 0 Å². The molecule has 0 spiro atoms. The third-order valence-electron chi connectivity index (χ3n) is 2.81. The first-order valence-corrected chi connectivity index (χ1v) is 6.20. The molecule has 0 saturated heterocycles. The van der Waals surface area contributed by atoms with Crippen molar-refractivity contribution in [1.82, 2.24) is 15.0 Å². The average molecular weight is 250 g/mol. The highest BCUT2D eigenvalue weighted by Crippen LogP contribution is 2.22. The summed E-state index contributed by atoms with van der Waals surface area (Å²) in [5, 5.41) is 8.04. The topological polar surface area (TPSA) is 30.7 Å². The van der Waals surface area contributed by atoms with Gasteiger partial charge in [-0.25, -0.2) is 0 Å². The molecule has 0 saturated carbocycles. The van der Waals surface area contributed by atoms with Crippen LogP contribution in [-0.4, -0.2) is 20.9 Å². The average Bonchev–Trinajstić information content (AvgIpc) is 2.72. The summed E-state index contributed by atoms with van der Waals surface area (Å²) in [4.78, 5) is 0. The Hall–Kier alpha value is -1.35. The van der Waals surface area contributed by atoms with E-state index in [4.69, 9.17) is 11.6 Å². The number of aromatic nitrogens is 3. The Balaban J connectivity index is 2.16. The van der Waals surface area contributed by atoms with Gasteiger partial charge in [-0.15, -0.1) is 16.7 Å². The van der Waals surface area contributed by atoms with Crippen LogP contribution in [0.5, 0.6) is 0 Å². The molecule has 3 nitrogen and oxygen atoms in total. The van der Waals surface area contributed by atoms with E-state index < -0.39 is 0 Å². The third kappa shape index (κ3) is 3.07. The maximum atomic E-state index is 6.06. The van der Waals surface area contributed by atoms with Gasteiger partial charge in [-0.3, -0.25) is 4.68 Å². The van der Waals surface area contributed by atoms with Crippen molar-refractivity contribution in [1.29, 1.82) is 0 Å². The standard InChI is InChI=1S/C13H16ClN3/c1-10-4-3-5-11(6-10)12(8-14)7-13-9-17(2)16-15-13/h3-6,9,12H,7-8H2,1-2H3. The second kappa shape index (κ2) is 5.32. The number of rotatable bonds is 4. The fourth-order valence-electron chi connectivity index (χ4n) is 1.93. The Kier molecular flexibility index (Phi) is 3.79. The summed E-state index contributed by atoms with van der Waals surface area (Å²) in [6, 6.07) is 8.47. The van der Waals surface area contributed by atoms with E-state index in [2.05, 4.69) is 41.5 Å². The van der Waals surface area contributed by atoms with E-state index in [0.29, 0.717) is 11.8 Å². The molecule has 4 heteroatoms. The molecule has 0 amide bonds. The Morgan fingerprint density at radius 2 is 2.24 bits per heavy atom. The van der Waals surface area contributed by atoms with E-state index in [1.165, 1.54) is 11.1 Å². The van der Waals surface area contributed by atoms with Gasteiger partial charge in [0.05, 0.1) is 5.69 Å². The van der Waals surface area contributed by atoms with Gasteiger partial charge in [0.1, 0.15) is 0 Å². The lowest BCUT2D eigenvalue weighted by Gasteiger charge is -2.13. The Labute approximate surface area is 106 Å². The fourth-order valence-corrected chi connectivity index (χ4v) is 2.21. The van der Waals surface area contributed by atoms with Crippen LogP contribution in [0.1, 0.15) is 22.7 Å². The van der Waals surface area contributed by atoms with Crippen LogP contribution in [0.4, 0.5) is 0 Å². The van der Waals surface area contributed by atoms with Crippen LogP contribution in [0.3, 0.4) is 0 Å². The number of hydrogen-bond acceptors (Lipinski definition) is 2. The molecule has 1 aromatic carbocycles. The maximum Gasteiger partial charge on any atom is 0.0833 e. The molecule has 0 fully saturated rings. The first-order chi connectivity index (χ1) is 8.19. The molecule has 2 rings (SSSR count). The van der Waals surface area contributed by atoms with E-state index in [0.717, 1.165) is 12.1 Å². The zero-order chi connectivity index (χ0) is 12.3. The molecule has 90 valence electrons. The molecule has 0 aliphatic heterocycles. The first-order valence-electron chi connectivity index (χ1n) is 5.67. The third-order valence-corrected chi connectivity index (χ3v) is 3.18. The summed E-state index contributed by atoms with van der Waals surface area (Å²) in [5.74, 6) is 0.897. The SMILES string of the molecule is Cc1cccc(C(CCl)Cc2cn(C)nn2)c1. The van der Waals surface area contributed by atoms with Crippen LogP contribution in [-0.2, 0) is 13.5 Å². The minimum atomic E-state index is 0.299. The summed E-state index contributed by atoms with van der Waals surface area (Å²) in [7, 11) is 1.87. The van der Waals surface area contributed by atoms with Crippen molar-refractivity contribution in [2.75, 3.05) is 5.88 Å². The summed E-state index contributed by atoms with van der Waals surface area (Å²) in [5.41, 5.74) is 3.52. The number of nitrogens with zero attached hydrogens (tertiary/aromatic N) is 3. The number of halogens is 1. The number of benzene rings is 1. The minimum absolute atomic E-state index is 0.299. The van der Waals surface area contributed by atoms with Crippen LogP contribution in [0, 0.1) is 6.92 Å². The van der Waals surface area contributed by atoms with Crippen LogP contribution >= 0.6 is 11.6 Å². The molecule has 0 N–H and O–H groups in total. The van der Waals surface area contributed by atoms with Gasteiger partial charge in [-0.1, -0.05) is 35.0 Å². The van der Waals surface area contributed by atoms with Gasteiger partial charge in [0.25, 0.3) is 0 Å². The highest BCUT2D eigenvalue weighted by Gasteiger charge is 2.13. The van der Waals surface area contributed by atoms with Crippen LogP contribution in [0.15, 0.2) is 30.5 Å². The predicted octanol–water partition coefficient (Wildman–Crippen LogP) is 2.69. The summed E-state index contributed by atoms with van der Waals surface area (Å²) in [6.07, 6.45) is 2.77. The highest BCUT2D eigenvalue weighted by atomic mass is 35.5. The van der Waals surface area contributed by atoms with Gasteiger partial charge >= 0.3 is 0 Å². The number of aryl methyl sites for hydroxylation is 2. The first kappa shape index (κ1) is 12.1. The normalized spacial score (nSPS) is 12.6. The van der Waals surface area contributed by atoms with Crippen LogP contribution in [0.25, 0.3) is 0 Å². The molecule has 1 unspecified atom stereocenters. The zero-order valence-corrected chi connectivity index (χ0v) is 10.9. The van der Waals surface area contributed by atoms with Gasteiger partial charge in [-0.05, 0) is 12.5 Å². The number of alkyl halides is 1. The Morgan fingerprint density at radius 3 is 2.82 bits per heavy atom. The van der Waals surface area contributed by atoms with E-state index in [1.807, 2.05) is 13.2 Å². The highest BCUT2D eigenvalue weighted by molar-refractivity contribution is 6.18. The van der Waals surface area contributed by atoms with Crippen molar-refractivity contribution in [3.8, 4) is 0 Å². The smallest absolute Gasteiger partial charge is 0.0833 e. The molecule has 2 aromatic rings. The van der Waals surface area contributed by atoms with E-state index in [9.17, 15) is 0 Å². The van der Waals surface area contributed by atoms with Gasteiger partial charge in [-0.2, -0.15) is 0 Å². The predicted molar refractivity (Wildman–Crippen MR) is 69.3 cm³/mol. The Morgan fingerprint density at radius 1 is 1.41 bits per heavy atom. The summed E-state index contributed by atoms with van der Waals surface area (Å²) < 4.78 is 1.72. The van der Waals surface area contributed by atoms with Crippen LogP contribution < -0.4 is 0 Å². The van der Waals surface area contributed by atoms with Crippen molar-refractivity contribution in [3.63, 3.8) is 0 Å². The molecular formula is C13H16ClN3. The summed E-state index contributed by atoms with van der Waals surface area (Å²) in [6.45, 7) is 2.09. The quantitative estimate of drug-likeness (QED) is 0.780.